The van der Waals surface area contributed by atoms with Crippen LogP contribution in [0, 0.1) is 0 Å². The molecule has 1 aromatic rings. The van der Waals surface area contributed by atoms with Crippen LogP contribution < -0.4 is 0 Å². The fourth-order valence-electron chi connectivity index (χ4n) is 5.65. The number of phenolic OH excluding ortho intramolecular Hbond substituents is 2. The highest BCUT2D eigenvalue weighted by Crippen LogP contribution is 2.59. The highest BCUT2D eigenvalue weighted by atomic mass is 16.5. The van der Waals surface area contributed by atoms with Gasteiger partial charge in [-0.15, -0.1) is 0 Å². The Morgan fingerprint density at radius 1 is 1.03 bits per heavy atom. The number of ketones is 2. The molecule has 2 aliphatic carbocycles. The Morgan fingerprint density at radius 3 is 2.24 bits per heavy atom. The van der Waals surface area contributed by atoms with Crippen LogP contribution in [-0.4, -0.2) is 78.7 Å². The molecule has 0 aromatic heterocycles. The Kier molecular flexibility index (Phi) is 4.56. The number of aliphatic hydroxyl groups is 3. The van der Waals surface area contributed by atoms with Gasteiger partial charge in [0.05, 0.1) is 48.1 Å². The smallest absolute Gasteiger partial charge is 0.306 e. The molecule has 11 heteroatoms. The zero-order valence-electron chi connectivity index (χ0n) is 17.6. The van der Waals surface area contributed by atoms with E-state index in [1.54, 1.807) is 0 Å². The molecule has 11 nitrogen and oxygen atoms in total. The minimum Gasteiger partial charge on any atom is -0.507 e. The van der Waals surface area contributed by atoms with E-state index in [1.165, 1.54) is 13.8 Å². The van der Waals surface area contributed by atoms with Gasteiger partial charge in [0.1, 0.15) is 23.2 Å². The molecule has 33 heavy (non-hydrogen) atoms. The number of hydrogen-bond acceptors (Lipinski definition) is 10. The van der Waals surface area contributed by atoms with Crippen molar-refractivity contribution in [1.29, 1.82) is 0 Å². The van der Waals surface area contributed by atoms with Crippen LogP contribution in [0.15, 0.2) is 11.1 Å². The van der Waals surface area contributed by atoms with Crippen molar-refractivity contribution in [2.45, 2.75) is 68.9 Å². The van der Waals surface area contributed by atoms with E-state index in [1.807, 2.05) is 0 Å². The van der Waals surface area contributed by atoms with Crippen molar-refractivity contribution in [3.63, 3.8) is 0 Å². The lowest BCUT2D eigenvalue weighted by Crippen LogP contribution is -2.58. The fourth-order valence-corrected chi connectivity index (χ4v) is 5.65. The fraction of sp³-hybridized carbons (Fsp3) is 0.500. The Hall–Kier alpha value is -2.83. The molecule has 0 spiro atoms. The molecule has 176 valence electrons. The van der Waals surface area contributed by atoms with Crippen molar-refractivity contribution in [3.8, 4) is 11.5 Å². The van der Waals surface area contributed by atoms with E-state index < -0.39 is 94.4 Å². The summed E-state index contributed by atoms with van der Waals surface area (Å²) in [5.41, 5.74) is -4.34. The van der Waals surface area contributed by atoms with E-state index in [9.17, 15) is 39.9 Å². The van der Waals surface area contributed by atoms with Gasteiger partial charge < -0.3 is 40.1 Å². The highest BCUT2D eigenvalue weighted by Gasteiger charge is 2.60. The third-order valence-electron chi connectivity index (χ3n) is 7.18. The van der Waals surface area contributed by atoms with Crippen LogP contribution in [0.2, 0.25) is 0 Å². The standard InChI is InChI=1S/C22H22O11/c1-5-11-13(17(26)8(32-5)4-10(24)25)20(29)14-15(18(11)27)21(30)16-12(19(14)28)7-3-9(23)22(16,31)6(2)33-7/h5-9,17,23,26,28,30-31H,3-4H2,1-2H3,(H,24,25)/t5-,6?,7-,8-,9-,17+,22-/m0/s1. The number of carboxylic acid groups (broad SMARTS) is 1. The molecule has 5 aliphatic rings. The van der Waals surface area contributed by atoms with Gasteiger partial charge in [0, 0.05) is 28.7 Å². The summed E-state index contributed by atoms with van der Waals surface area (Å²) in [6.07, 6.45) is -8.22. The maximum Gasteiger partial charge on any atom is 0.306 e. The summed E-state index contributed by atoms with van der Waals surface area (Å²) in [5, 5.41) is 63.7. The van der Waals surface area contributed by atoms with Crippen molar-refractivity contribution in [1.82, 2.24) is 0 Å². The van der Waals surface area contributed by atoms with E-state index in [0.717, 1.165) is 0 Å². The molecular weight excluding hydrogens is 440 g/mol. The lowest BCUT2D eigenvalue weighted by molar-refractivity contribution is -0.246. The van der Waals surface area contributed by atoms with Crippen molar-refractivity contribution in [2.75, 3.05) is 0 Å². The van der Waals surface area contributed by atoms with Crippen LogP contribution in [-0.2, 0) is 19.9 Å². The van der Waals surface area contributed by atoms with Gasteiger partial charge in [-0.1, -0.05) is 0 Å². The summed E-state index contributed by atoms with van der Waals surface area (Å²) in [6.45, 7) is 2.87. The lowest BCUT2D eigenvalue weighted by Gasteiger charge is -2.52. The number of Topliss-reactive ketones (excluding diaryl/α,β-unsaturated/α-hetero) is 2. The van der Waals surface area contributed by atoms with Gasteiger partial charge in [-0.3, -0.25) is 14.4 Å². The quantitative estimate of drug-likeness (QED) is 0.319. The van der Waals surface area contributed by atoms with Crippen LogP contribution in [0.25, 0.3) is 0 Å². The van der Waals surface area contributed by atoms with Crippen LogP contribution in [0.1, 0.15) is 64.6 Å². The summed E-state index contributed by atoms with van der Waals surface area (Å²) in [7, 11) is 0. The van der Waals surface area contributed by atoms with Gasteiger partial charge in [-0.25, -0.2) is 0 Å². The maximum absolute atomic E-state index is 13.5. The highest BCUT2D eigenvalue weighted by molar-refractivity contribution is 6.30. The second-order valence-electron chi connectivity index (χ2n) is 8.92. The van der Waals surface area contributed by atoms with Gasteiger partial charge >= 0.3 is 5.97 Å². The first-order valence-electron chi connectivity index (χ1n) is 10.5. The van der Waals surface area contributed by atoms with Gasteiger partial charge in [0.25, 0.3) is 0 Å². The average Bonchev–Trinajstić information content (AvgIpc) is 2.72. The van der Waals surface area contributed by atoms with Crippen molar-refractivity contribution in [2.24, 2.45) is 0 Å². The predicted octanol–water partition coefficient (Wildman–Crippen LogP) is -0.192. The molecular formula is C22H22O11. The van der Waals surface area contributed by atoms with Crippen LogP contribution in [0.5, 0.6) is 11.5 Å². The summed E-state index contributed by atoms with van der Waals surface area (Å²) < 4.78 is 11.1. The Labute approximate surface area is 186 Å². The third-order valence-corrected chi connectivity index (χ3v) is 7.18. The number of carboxylic acids is 1. The summed E-state index contributed by atoms with van der Waals surface area (Å²) in [6, 6.07) is 0. The number of fused-ring (bicyclic) bond motifs is 3. The van der Waals surface area contributed by atoms with Gasteiger partial charge in [0.2, 0.25) is 0 Å². The molecule has 0 radical (unpaired) electrons. The monoisotopic (exact) mass is 462 g/mol. The molecule has 1 saturated heterocycles. The van der Waals surface area contributed by atoms with Crippen molar-refractivity contribution in [3.05, 3.63) is 33.4 Å². The second kappa shape index (κ2) is 6.84. The molecule has 0 saturated carbocycles. The first kappa shape index (κ1) is 22.0. The zero-order chi connectivity index (χ0) is 24.1. The molecule has 0 amide bonds. The second-order valence-corrected chi connectivity index (χ2v) is 8.92. The van der Waals surface area contributed by atoms with Crippen LogP contribution in [0.4, 0.5) is 0 Å². The topological polar surface area (TPSA) is 191 Å². The summed E-state index contributed by atoms with van der Waals surface area (Å²) >= 11 is 0. The Balaban J connectivity index is 1.76. The Bertz CT molecular complexity index is 1150. The Morgan fingerprint density at radius 2 is 1.64 bits per heavy atom. The number of hydrogen-bond donors (Lipinski definition) is 6. The number of aromatic hydroxyl groups is 2. The molecule has 1 aromatic carbocycles. The molecule has 3 aliphatic heterocycles. The SMILES string of the molecule is CC1O[C@H]2C[C@H](O)[C@]1(O)c1c(O)c3c(c(O)c12)C(=O)C1=C(C3=O)[C@H](C)O[C@@H](CC(=O)O)[C@H]1O. The number of benzene rings is 1. The lowest BCUT2D eigenvalue weighted by atomic mass is 9.66. The first-order valence-corrected chi connectivity index (χ1v) is 10.5. The number of carbonyl (C=O) groups excluding carboxylic acids is 2. The average molecular weight is 462 g/mol. The van der Waals surface area contributed by atoms with Crippen LogP contribution in [0.3, 0.4) is 0 Å². The number of aliphatic carboxylic acids is 1. The molecule has 6 rings (SSSR count). The predicted molar refractivity (Wildman–Crippen MR) is 106 cm³/mol. The van der Waals surface area contributed by atoms with E-state index in [2.05, 4.69) is 0 Å². The van der Waals surface area contributed by atoms with E-state index in [0.29, 0.717) is 0 Å². The van der Waals surface area contributed by atoms with E-state index in [4.69, 9.17) is 14.6 Å². The summed E-state index contributed by atoms with van der Waals surface area (Å²) in [5.74, 6) is -4.63. The summed E-state index contributed by atoms with van der Waals surface area (Å²) in [4.78, 5) is 38.1. The van der Waals surface area contributed by atoms with Gasteiger partial charge in [0.15, 0.2) is 11.6 Å². The molecule has 1 unspecified atom stereocenters. The molecule has 1 fully saturated rings. The van der Waals surface area contributed by atoms with E-state index >= 15 is 0 Å². The third kappa shape index (κ3) is 2.59. The minimum atomic E-state index is -2.14. The normalized spacial score (nSPS) is 37.0. The number of rotatable bonds is 2. The number of carbonyl (C=O) groups is 3. The van der Waals surface area contributed by atoms with Gasteiger partial charge in [-0.2, -0.15) is 0 Å². The molecule has 2 bridgehead atoms. The molecule has 7 atom stereocenters. The zero-order valence-corrected chi connectivity index (χ0v) is 17.6. The number of ether oxygens (including phenoxy) is 2. The maximum atomic E-state index is 13.5. The van der Waals surface area contributed by atoms with E-state index in [-0.39, 0.29) is 23.1 Å². The molecule has 6 N–H and O–H groups in total. The van der Waals surface area contributed by atoms with Crippen molar-refractivity contribution < 1.29 is 54.5 Å². The first-order chi connectivity index (χ1) is 15.4. The minimum absolute atomic E-state index is 0.112. The number of aliphatic hydroxyl groups excluding tert-OH is 2. The van der Waals surface area contributed by atoms with Gasteiger partial charge in [-0.05, 0) is 13.8 Å². The van der Waals surface area contributed by atoms with Crippen LogP contribution >= 0.6 is 0 Å². The van der Waals surface area contributed by atoms with Crippen molar-refractivity contribution >= 4 is 17.5 Å². The number of phenols is 2. The largest absolute Gasteiger partial charge is 0.507 e. The molecule has 3 heterocycles.